The first-order valence-electron chi connectivity index (χ1n) is 5.32. The zero-order chi connectivity index (χ0) is 11.6. The zero-order valence-electron chi connectivity index (χ0n) is 9.84. The van der Waals surface area contributed by atoms with Gasteiger partial charge in [-0.3, -0.25) is 0 Å². The smallest absolute Gasteiger partial charge is 0.126 e. The van der Waals surface area contributed by atoms with Crippen LogP contribution in [0.2, 0.25) is 0 Å². The Labute approximate surface area is 90.9 Å². The molecule has 15 heavy (non-hydrogen) atoms. The van der Waals surface area contributed by atoms with Crippen molar-refractivity contribution in [3.8, 4) is 0 Å². The number of aryl methyl sites for hydroxylation is 1. The van der Waals surface area contributed by atoms with Crippen molar-refractivity contribution in [1.29, 1.82) is 0 Å². The van der Waals surface area contributed by atoms with E-state index in [2.05, 4.69) is 0 Å². The summed E-state index contributed by atoms with van der Waals surface area (Å²) in [5.41, 5.74) is 1.05. The first-order valence-corrected chi connectivity index (χ1v) is 5.32. The predicted molar refractivity (Wildman–Crippen MR) is 60.2 cm³/mol. The third kappa shape index (κ3) is 2.57. The lowest BCUT2D eigenvalue weighted by atomic mass is 9.80. The van der Waals surface area contributed by atoms with Crippen molar-refractivity contribution in [1.82, 2.24) is 0 Å². The lowest BCUT2D eigenvalue weighted by molar-refractivity contribution is 0.0463. The summed E-state index contributed by atoms with van der Waals surface area (Å²) in [6, 6.07) is 4.93. The van der Waals surface area contributed by atoms with E-state index in [1.807, 2.05) is 20.8 Å². The summed E-state index contributed by atoms with van der Waals surface area (Å²) >= 11 is 0. The van der Waals surface area contributed by atoms with Crippen molar-refractivity contribution < 1.29 is 9.50 Å². The lowest BCUT2D eigenvalue weighted by Crippen LogP contribution is -2.21. The molecule has 0 spiro atoms. The highest BCUT2D eigenvalue weighted by Gasteiger charge is 2.27. The van der Waals surface area contributed by atoms with Crippen molar-refractivity contribution in [2.24, 2.45) is 5.41 Å². The van der Waals surface area contributed by atoms with Crippen LogP contribution in [0.1, 0.15) is 44.4 Å². The topological polar surface area (TPSA) is 20.2 Å². The fraction of sp³-hybridized carbons (Fsp3) is 0.538. The van der Waals surface area contributed by atoms with Gasteiger partial charge in [-0.1, -0.05) is 32.9 Å². The largest absolute Gasteiger partial charge is 0.388 e. The summed E-state index contributed by atoms with van der Waals surface area (Å²) in [6.07, 6.45) is 0.238. The molecule has 84 valence electrons. The minimum Gasteiger partial charge on any atom is -0.388 e. The third-order valence-corrected chi connectivity index (χ3v) is 3.16. The maximum atomic E-state index is 13.3. The van der Waals surface area contributed by atoms with Crippen LogP contribution in [0.3, 0.4) is 0 Å². The van der Waals surface area contributed by atoms with Crippen LogP contribution in [0.4, 0.5) is 4.39 Å². The van der Waals surface area contributed by atoms with Gasteiger partial charge in [-0.2, -0.15) is 0 Å². The van der Waals surface area contributed by atoms with Gasteiger partial charge in [-0.15, -0.1) is 0 Å². The maximum absolute atomic E-state index is 13.3. The van der Waals surface area contributed by atoms with Crippen LogP contribution in [0.5, 0.6) is 0 Å². The molecule has 1 rings (SSSR count). The third-order valence-electron chi connectivity index (χ3n) is 3.16. The molecule has 0 aliphatic carbocycles. The van der Waals surface area contributed by atoms with Crippen LogP contribution in [0, 0.1) is 18.2 Å². The van der Waals surface area contributed by atoms with Gasteiger partial charge in [0.25, 0.3) is 0 Å². The molecule has 0 fully saturated rings. The molecule has 1 atom stereocenters. The van der Waals surface area contributed by atoms with Gasteiger partial charge in [0.15, 0.2) is 0 Å². The molecule has 0 aliphatic rings. The molecule has 0 saturated heterocycles. The van der Waals surface area contributed by atoms with E-state index in [1.54, 1.807) is 19.1 Å². The van der Waals surface area contributed by atoms with Crippen LogP contribution < -0.4 is 0 Å². The maximum Gasteiger partial charge on any atom is 0.126 e. The van der Waals surface area contributed by atoms with E-state index < -0.39 is 6.10 Å². The van der Waals surface area contributed by atoms with Gasteiger partial charge in [0.05, 0.1) is 6.10 Å². The molecular formula is C13H19FO. The minimum absolute atomic E-state index is 0.221. The summed E-state index contributed by atoms with van der Waals surface area (Å²) in [4.78, 5) is 0. The minimum atomic E-state index is -0.613. The van der Waals surface area contributed by atoms with Crippen LogP contribution in [-0.4, -0.2) is 5.11 Å². The summed E-state index contributed by atoms with van der Waals surface area (Å²) < 4.78 is 13.3. The Morgan fingerprint density at radius 2 is 2.00 bits per heavy atom. The van der Waals surface area contributed by atoms with E-state index in [4.69, 9.17) is 0 Å². The normalized spacial score (nSPS) is 14.0. The van der Waals surface area contributed by atoms with Gasteiger partial charge in [0.1, 0.15) is 5.82 Å². The van der Waals surface area contributed by atoms with Gasteiger partial charge in [-0.05, 0) is 36.0 Å². The first kappa shape index (κ1) is 12.2. The molecule has 0 heterocycles. The summed E-state index contributed by atoms with van der Waals surface area (Å²) in [7, 11) is 0. The number of hydrogen-bond donors (Lipinski definition) is 1. The highest BCUT2D eigenvalue weighted by molar-refractivity contribution is 5.25. The zero-order valence-corrected chi connectivity index (χ0v) is 9.84. The number of rotatable bonds is 3. The molecule has 0 aliphatic heterocycles. The Balaban J connectivity index is 3.02. The molecular weight excluding hydrogens is 191 g/mol. The molecule has 1 aromatic carbocycles. The average Bonchev–Trinajstić information content (AvgIpc) is 2.21. The lowest BCUT2D eigenvalue weighted by Gasteiger charge is -2.29. The van der Waals surface area contributed by atoms with Crippen LogP contribution >= 0.6 is 0 Å². The fourth-order valence-electron chi connectivity index (χ4n) is 1.42. The Morgan fingerprint density at radius 1 is 1.40 bits per heavy atom. The van der Waals surface area contributed by atoms with Crippen molar-refractivity contribution in [3.05, 3.63) is 35.1 Å². The number of aliphatic hydroxyl groups is 1. The Bertz CT molecular complexity index is 344. The summed E-state index contributed by atoms with van der Waals surface area (Å²) in [5.74, 6) is -0.251. The molecule has 1 nitrogen and oxygen atoms in total. The van der Waals surface area contributed by atoms with E-state index in [9.17, 15) is 9.50 Å². The number of hydrogen-bond acceptors (Lipinski definition) is 1. The van der Waals surface area contributed by atoms with E-state index in [-0.39, 0.29) is 11.2 Å². The Morgan fingerprint density at radius 3 is 2.47 bits per heavy atom. The van der Waals surface area contributed by atoms with Crippen molar-refractivity contribution in [2.75, 3.05) is 0 Å². The molecule has 0 bridgehead atoms. The molecule has 2 heteroatoms. The molecule has 0 saturated carbocycles. The Kier molecular flexibility index (Phi) is 3.50. The predicted octanol–water partition coefficient (Wildman–Crippen LogP) is 3.60. The second-order valence-electron chi connectivity index (χ2n) is 4.75. The number of halogens is 1. The summed E-state index contributed by atoms with van der Waals surface area (Å²) in [6.45, 7) is 7.70. The Hall–Kier alpha value is -0.890. The van der Waals surface area contributed by atoms with Crippen molar-refractivity contribution in [3.63, 3.8) is 0 Å². The highest BCUT2D eigenvalue weighted by atomic mass is 19.1. The van der Waals surface area contributed by atoms with Crippen molar-refractivity contribution >= 4 is 0 Å². The molecule has 0 aromatic heterocycles. The van der Waals surface area contributed by atoms with E-state index in [0.29, 0.717) is 11.1 Å². The van der Waals surface area contributed by atoms with Crippen LogP contribution in [-0.2, 0) is 0 Å². The quantitative estimate of drug-likeness (QED) is 0.808. The highest BCUT2D eigenvalue weighted by Crippen LogP contribution is 2.36. The molecule has 0 amide bonds. The fourth-order valence-corrected chi connectivity index (χ4v) is 1.42. The molecule has 1 N–H and O–H groups in total. The van der Waals surface area contributed by atoms with E-state index >= 15 is 0 Å². The molecule has 0 radical (unpaired) electrons. The number of aliphatic hydroxyl groups excluding tert-OH is 1. The van der Waals surface area contributed by atoms with Crippen LogP contribution in [0.25, 0.3) is 0 Å². The second kappa shape index (κ2) is 4.31. The second-order valence-corrected chi connectivity index (χ2v) is 4.75. The van der Waals surface area contributed by atoms with Gasteiger partial charge < -0.3 is 5.11 Å². The van der Waals surface area contributed by atoms with Crippen molar-refractivity contribution in [2.45, 2.75) is 40.2 Å². The van der Waals surface area contributed by atoms with Gasteiger partial charge in [0, 0.05) is 0 Å². The standard InChI is InChI=1S/C13H19FO/c1-5-13(3,4)12(15)10-7-6-9(2)11(14)8-10/h6-8,12,15H,5H2,1-4H3. The van der Waals surface area contributed by atoms with Gasteiger partial charge >= 0.3 is 0 Å². The number of benzene rings is 1. The summed E-state index contributed by atoms with van der Waals surface area (Å²) in [5, 5.41) is 10.1. The first-order chi connectivity index (χ1) is 6.88. The van der Waals surface area contributed by atoms with Crippen LogP contribution in [0.15, 0.2) is 18.2 Å². The molecule has 1 aromatic rings. The van der Waals surface area contributed by atoms with Gasteiger partial charge in [0.2, 0.25) is 0 Å². The van der Waals surface area contributed by atoms with E-state index in [0.717, 1.165) is 6.42 Å². The SMILES string of the molecule is CCC(C)(C)C(O)c1ccc(C)c(F)c1. The monoisotopic (exact) mass is 210 g/mol. The van der Waals surface area contributed by atoms with E-state index in [1.165, 1.54) is 6.07 Å². The average molecular weight is 210 g/mol. The van der Waals surface area contributed by atoms with Gasteiger partial charge in [-0.25, -0.2) is 4.39 Å². The molecule has 1 unspecified atom stereocenters.